The smallest absolute Gasteiger partial charge is 0.255 e. The van der Waals surface area contributed by atoms with E-state index in [4.69, 9.17) is 9.47 Å². The molecule has 1 rings (SSSR count). The predicted molar refractivity (Wildman–Crippen MR) is 75.9 cm³/mol. The third kappa shape index (κ3) is 4.16. The van der Waals surface area contributed by atoms with E-state index in [9.17, 15) is 4.79 Å². The van der Waals surface area contributed by atoms with Gasteiger partial charge in [-0.15, -0.1) is 0 Å². The SMILES string of the molecule is COc1cccc(C(=O)NC(C)CC(C)C)c1OC. The zero-order valence-electron chi connectivity index (χ0n) is 12.3. The van der Waals surface area contributed by atoms with E-state index >= 15 is 0 Å². The van der Waals surface area contributed by atoms with Gasteiger partial charge in [0.1, 0.15) is 0 Å². The Morgan fingerprint density at radius 2 is 1.89 bits per heavy atom. The van der Waals surface area contributed by atoms with E-state index in [2.05, 4.69) is 19.2 Å². The summed E-state index contributed by atoms with van der Waals surface area (Å²) in [6.07, 6.45) is 0.942. The number of hydrogen-bond donors (Lipinski definition) is 1. The summed E-state index contributed by atoms with van der Waals surface area (Å²) < 4.78 is 10.5. The quantitative estimate of drug-likeness (QED) is 0.860. The first-order valence-electron chi connectivity index (χ1n) is 6.51. The molecule has 1 N–H and O–H groups in total. The highest BCUT2D eigenvalue weighted by molar-refractivity contribution is 5.97. The molecule has 0 heterocycles. The fourth-order valence-corrected chi connectivity index (χ4v) is 2.13. The van der Waals surface area contributed by atoms with Crippen LogP contribution in [0.5, 0.6) is 11.5 Å². The molecule has 19 heavy (non-hydrogen) atoms. The summed E-state index contributed by atoms with van der Waals surface area (Å²) in [6.45, 7) is 6.27. The first-order chi connectivity index (χ1) is 8.99. The number of rotatable bonds is 6. The van der Waals surface area contributed by atoms with Crippen molar-refractivity contribution in [1.29, 1.82) is 0 Å². The van der Waals surface area contributed by atoms with Crippen LogP contribution < -0.4 is 14.8 Å². The highest BCUT2D eigenvalue weighted by atomic mass is 16.5. The van der Waals surface area contributed by atoms with Crippen LogP contribution in [0.2, 0.25) is 0 Å². The Kier molecular flexibility index (Phi) is 5.67. The van der Waals surface area contributed by atoms with Gasteiger partial charge in [0.15, 0.2) is 11.5 Å². The average molecular weight is 265 g/mol. The topological polar surface area (TPSA) is 47.6 Å². The Morgan fingerprint density at radius 3 is 2.42 bits per heavy atom. The summed E-state index contributed by atoms with van der Waals surface area (Å²) >= 11 is 0. The molecule has 1 aromatic rings. The maximum atomic E-state index is 12.2. The van der Waals surface area contributed by atoms with Gasteiger partial charge in [-0.1, -0.05) is 19.9 Å². The molecule has 1 atom stereocenters. The maximum absolute atomic E-state index is 12.2. The maximum Gasteiger partial charge on any atom is 0.255 e. The fraction of sp³-hybridized carbons (Fsp3) is 0.533. The van der Waals surface area contributed by atoms with Crippen molar-refractivity contribution in [3.8, 4) is 11.5 Å². The number of carbonyl (C=O) groups is 1. The van der Waals surface area contributed by atoms with Crippen LogP contribution in [0.1, 0.15) is 37.6 Å². The van der Waals surface area contributed by atoms with Gasteiger partial charge in [-0.25, -0.2) is 0 Å². The number of para-hydroxylation sites is 1. The van der Waals surface area contributed by atoms with Crippen LogP contribution >= 0.6 is 0 Å². The van der Waals surface area contributed by atoms with Gasteiger partial charge in [-0.3, -0.25) is 4.79 Å². The normalized spacial score (nSPS) is 12.1. The molecule has 4 nitrogen and oxygen atoms in total. The lowest BCUT2D eigenvalue weighted by molar-refractivity contribution is 0.0932. The molecule has 0 fully saturated rings. The summed E-state index contributed by atoms with van der Waals surface area (Å²) in [5.74, 6) is 1.44. The number of nitrogens with one attached hydrogen (secondary N) is 1. The summed E-state index contributed by atoms with van der Waals surface area (Å²) in [5, 5.41) is 2.98. The number of hydrogen-bond acceptors (Lipinski definition) is 3. The minimum Gasteiger partial charge on any atom is -0.493 e. The zero-order chi connectivity index (χ0) is 14.4. The monoisotopic (exact) mass is 265 g/mol. The van der Waals surface area contributed by atoms with E-state index in [1.54, 1.807) is 25.3 Å². The average Bonchev–Trinajstić information content (AvgIpc) is 2.36. The van der Waals surface area contributed by atoms with Crippen molar-refractivity contribution in [2.45, 2.75) is 33.2 Å². The van der Waals surface area contributed by atoms with Crippen LogP contribution in [0.3, 0.4) is 0 Å². The first kappa shape index (κ1) is 15.3. The Morgan fingerprint density at radius 1 is 1.21 bits per heavy atom. The molecule has 0 bridgehead atoms. The summed E-state index contributed by atoms with van der Waals surface area (Å²) in [7, 11) is 3.09. The number of ether oxygens (including phenoxy) is 2. The summed E-state index contributed by atoms with van der Waals surface area (Å²) in [4.78, 5) is 12.2. The molecule has 0 aliphatic carbocycles. The number of methoxy groups -OCH3 is 2. The van der Waals surface area contributed by atoms with E-state index in [-0.39, 0.29) is 11.9 Å². The van der Waals surface area contributed by atoms with Gasteiger partial charge >= 0.3 is 0 Å². The summed E-state index contributed by atoms with van der Waals surface area (Å²) in [6, 6.07) is 5.42. The van der Waals surface area contributed by atoms with Gasteiger partial charge in [0, 0.05) is 6.04 Å². The van der Waals surface area contributed by atoms with E-state index in [0.29, 0.717) is 23.0 Å². The predicted octanol–water partition coefficient (Wildman–Crippen LogP) is 2.87. The first-order valence-corrected chi connectivity index (χ1v) is 6.51. The lowest BCUT2D eigenvalue weighted by Gasteiger charge is -2.17. The molecule has 1 unspecified atom stereocenters. The van der Waals surface area contributed by atoms with E-state index < -0.39 is 0 Å². The molecular weight excluding hydrogens is 242 g/mol. The van der Waals surface area contributed by atoms with Crippen LogP contribution in [-0.4, -0.2) is 26.2 Å². The second-order valence-electron chi connectivity index (χ2n) is 5.05. The highest BCUT2D eigenvalue weighted by Crippen LogP contribution is 2.30. The lowest BCUT2D eigenvalue weighted by atomic mass is 10.0. The highest BCUT2D eigenvalue weighted by Gasteiger charge is 2.18. The van der Waals surface area contributed by atoms with Crippen molar-refractivity contribution >= 4 is 5.91 Å². The minimum atomic E-state index is -0.135. The molecule has 0 saturated carbocycles. The van der Waals surface area contributed by atoms with Crippen molar-refractivity contribution in [3.05, 3.63) is 23.8 Å². The minimum absolute atomic E-state index is 0.128. The van der Waals surface area contributed by atoms with Gasteiger partial charge < -0.3 is 14.8 Å². The molecule has 0 aromatic heterocycles. The van der Waals surface area contributed by atoms with Gasteiger partial charge in [0.05, 0.1) is 19.8 Å². The van der Waals surface area contributed by atoms with Crippen LogP contribution in [0.4, 0.5) is 0 Å². The lowest BCUT2D eigenvalue weighted by Crippen LogP contribution is -2.33. The molecule has 0 radical (unpaired) electrons. The Labute approximate surface area is 115 Å². The Hall–Kier alpha value is -1.71. The molecule has 0 aliphatic heterocycles. The summed E-state index contributed by atoms with van der Waals surface area (Å²) in [5.41, 5.74) is 0.498. The second kappa shape index (κ2) is 7.02. The van der Waals surface area contributed by atoms with E-state index in [1.807, 2.05) is 6.92 Å². The number of benzene rings is 1. The van der Waals surface area contributed by atoms with Gasteiger partial charge in [-0.2, -0.15) is 0 Å². The van der Waals surface area contributed by atoms with Crippen molar-refractivity contribution in [2.75, 3.05) is 14.2 Å². The van der Waals surface area contributed by atoms with Crippen LogP contribution in [0.25, 0.3) is 0 Å². The van der Waals surface area contributed by atoms with Crippen LogP contribution in [0.15, 0.2) is 18.2 Å². The third-order valence-electron chi connectivity index (χ3n) is 2.85. The van der Waals surface area contributed by atoms with Gasteiger partial charge in [-0.05, 0) is 31.4 Å². The van der Waals surface area contributed by atoms with Crippen molar-refractivity contribution in [1.82, 2.24) is 5.32 Å². The molecule has 0 spiro atoms. The molecule has 1 amide bonds. The van der Waals surface area contributed by atoms with Crippen molar-refractivity contribution < 1.29 is 14.3 Å². The number of amides is 1. The van der Waals surface area contributed by atoms with Crippen LogP contribution in [0, 0.1) is 5.92 Å². The molecule has 4 heteroatoms. The molecular formula is C15H23NO3. The Bertz CT molecular complexity index is 429. The Balaban J connectivity index is 2.87. The van der Waals surface area contributed by atoms with E-state index in [0.717, 1.165) is 6.42 Å². The fourth-order valence-electron chi connectivity index (χ4n) is 2.13. The molecule has 1 aromatic carbocycles. The molecule has 106 valence electrons. The van der Waals surface area contributed by atoms with Crippen molar-refractivity contribution in [3.63, 3.8) is 0 Å². The van der Waals surface area contributed by atoms with E-state index in [1.165, 1.54) is 7.11 Å². The molecule has 0 saturated heterocycles. The van der Waals surface area contributed by atoms with Gasteiger partial charge in [0.2, 0.25) is 0 Å². The molecule has 0 aliphatic rings. The largest absolute Gasteiger partial charge is 0.493 e. The third-order valence-corrected chi connectivity index (χ3v) is 2.85. The zero-order valence-corrected chi connectivity index (χ0v) is 12.3. The van der Waals surface area contributed by atoms with Crippen LogP contribution in [-0.2, 0) is 0 Å². The standard InChI is InChI=1S/C15H23NO3/c1-10(2)9-11(3)16-15(17)12-7-6-8-13(18-4)14(12)19-5/h6-8,10-11H,9H2,1-5H3,(H,16,17). The van der Waals surface area contributed by atoms with Gasteiger partial charge in [0.25, 0.3) is 5.91 Å². The number of carbonyl (C=O) groups excluding carboxylic acids is 1. The van der Waals surface area contributed by atoms with Crippen molar-refractivity contribution in [2.24, 2.45) is 5.92 Å². The second-order valence-corrected chi connectivity index (χ2v) is 5.05.